The molecule has 0 fully saturated rings. The van der Waals surface area contributed by atoms with Crippen molar-refractivity contribution in [3.63, 3.8) is 0 Å². The lowest BCUT2D eigenvalue weighted by Gasteiger charge is -2.34. The van der Waals surface area contributed by atoms with Crippen molar-refractivity contribution in [3.8, 4) is 0 Å². The second-order valence-electron chi connectivity index (χ2n) is 8.41. The van der Waals surface area contributed by atoms with Gasteiger partial charge in [0, 0.05) is 13.1 Å². The molecule has 8 nitrogen and oxygen atoms in total. The molecule has 0 saturated carbocycles. The first-order chi connectivity index (χ1) is 12.3. The lowest BCUT2D eigenvalue weighted by molar-refractivity contribution is -0.125. The Morgan fingerprint density at radius 3 is 1.96 bits per heavy atom. The molecule has 0 radical (unpaired) electrons. The number of nitrogens with zero attached hydrogens (tertiary/aromatic N) is 1. The van der Waals surface area contributed by atoms with Gasteiger partial charge in [0.05, 0.1) is 17.5 Å². The molecule has 2 amide bonds. The maximum Gasteiger partial charge on any atom is 0.408 e. The smallest absolute Gasteiger partial charge is 0.408 e. The van der Waals surface area contributed by atoms with Crippen molar-refractivity contribution in [1.82, 2.24) is 16.0 Å². The van der Waals surface area contributed by atoms with Crippen molar-refractivity contribution in [2.45, 2.75) is 79.4 Å². The zero-order valence-electron chi connectivity index (χ0n) is 18.3. The van der Waals surface area contributed by atoms with Crippen LogP contribution in [0, 0.1) is 5.41 Å². The van der Waals surface area contributed by atoms with Gasteiger partial charge in [0.15, 0.2) is 5.96 Å². The molecule has 0 aromatic rings. The number of amides is 2. The molecule has 0 saturated heterocycles. The Balaban J connectivity index is 5.14. The van der Waals surface area contributed by atoms with Crippen LogP contribution in [0.4, 0.5) is 4.79 Å². The standard InChI is InChI=1S/C19H39N5O3/c1-9-19(10-2,24-16(26)27-17(4,5)6)13-23-15(21-11-3)22-12-18(7,8)14(20)25/h9-13H2,1-8H3,(H2,20,25)(H,24,26)(H2,21,22,23). The van der Waals surface area contributed by atoms with Crippen LogP contribution in [0.25, 0.3) is 0 Å². The Kier molecular flexibility index (Phi) is 9.61. The van der Waals surface area contributed by atoms with Crippen LogP contribution in [0.2, 0.25) is 0 Å². The highest BCUT2D eigenvalue weighted by Crippen LogP contribution is 2.17. The quantitative estimate of drug-likeness (QED) is 0.358. The Hall–Kier alpha value is -1.99. The van der Waals surface area contributed by atoms with E-state index in [4.69, 9.17) is 10.5 Å². The molecule has 0 aliphatic carbocycles. The summed E-state index contributed by atoms with van der Waals surface area (Å²) in [5.41, 5.74) is 3.65. The molecule has 0 spiro atoms. The van der Waals surface area contributed by atoms with Gasteiger partial charge in [0.2, 0.25) is 5.91 Å². The highest BCUT2D eigenvalue weighted by atomic mass is 16.6. The van der Waals surface area contributed by atoms with E-state index >= 15 is 0 Å². The molecule has 0 aromatic heterocycles. The molecule has 0 atom stereocenters. The maximum absolute atomic E-state index is 12.2. The van der Waals surface area contributed by atoms with Crippen LogP contribution in [-0.2, 0) is 9.53 Å². The van der Waals surface area contributed by atoms with Gasteiger partial charge in [-0.05, 0) is 54.4 Å². The summed E-state index contributed by atoms with van der Waals surface area (Å²) >= 11 is 0. The monoisotopic (exact) mass is 385 g/mol. The van der Waals surface area contributed by atoms with Crippen molar-refractivity contribution in [2.75, 3.05) is 19.6 Å². The van der Waals surface area contributed by atoms with Gasteiger partial charge in [-0.15, -0.1) is 0 Å². The minimum atomic E-state index is -0.732. The van der Waals surface area contributed by atoms with Crippen LogP contribution in [0.1, 0.15) is 68.2 Å². The van der Waals surface area contributed by atoms with Crippen molar-refractivity contribution < 1.29 is 14.3 Å². The summed E-state index contributed by atoms with van der Waals surface area (Å²) in [4.78, 5) is 28.2. The van der Waals surface area contributed by atoms with E-state index in [1.165, 1.54) is 0 Å². The zero-order chi connectivity index (χ0) is 21.3. The van der Waals surface area contributed by atoms with Crippen LogP contribution in [0.3, 0.4) is 0 Å². The number of primary amides is 1. The third-order valence-electron chi connectivity index (χ3n) is 4.36. The minimum absolute atomic E-state index is 0.266. The third kappa shape index (κ3) is 9.49. The number of nitrogens with one attached hydrogen (secondary N) is 3. The fourth-order valence-corrected chi connectivity index (χ4v) is 2.19. The molecule has 0 heterocycles. The van der Waals surface area contributed by atoms with Crippen LogP contribution in [-0.4, -0.2) is 48.7 Å². The number of hydrogen-bond acceptors (Lipinski definition) is 4. The van der Waals surface area contributed by atoms with Gasteiger partial charge >= 0.3 is 6.09 Å². The van der Waals surface area contributed by atoms with E-state index in [-0.39, 0.29) is 6.54 Å². The molecule has 158 valence electrons. The summed E-state index contributed by atoms with van der Waals surface area (Å²) in [5.74, 6) is 0.175. The van der Waals surface area contributed by atoms with Gasteiger partial charge in [-0.3, -0.25) is 9.79 Å². The Morgan fingerprint density at radius 1 is 1.00 bits per heavy atom. The molecule has 0 aliphatic rings. The summed E-state index contributed by atoms with van der Waals surface area (Å²) in [7, 11) is 0. The van der Waals surface area contributed by atoms with Crippen molar-refractivity contribution in [1.29, 1.82) is 0 Å². The number of carbonyl (C=O) groups is 2. The predicted octanol–water partition coefficient (Wildman–Crippen LogP) is 2.14. The Labute approximate surface area is 164 Å². The SMILES string of the molecule is CCNC(=NCC(C)(C)C(N)=O)NCC(CC)(CC)NC(=O)OC(C)(C)C. The molecule has 0 aromatic carbocycles. The van der Waals surface area contributed by atoms with Gasteiger partial charge < -0.3 is 26.4 Å². The topological polar surface area (TPSA) is 118 Å². The fourth-order valence-electron chi connectivity index (χ4n) is 2.19. The van der Waals surface area contributed by atoms with E-state index < -0.39 is 28.6 Å². The molecule has 0 aliphatic heterocycles. The lowest BCUT2D eigenvalue weighted by atomic mass is 9.92. The minimum Gasteiger partial charge on any atom is -0.444 e. The molecule has 0 rings (SSSR count). The molecule has 0 bridgehead atoms. The molecular weight excluding hydrogens is 346 g/mol. The Morgan fingerprint density at radius 2 is 1.56 bits per heavy atom. The van der Waals surface area contributed by atoms with E-state index in [1.807, 2.05) is 41.5 Å². The summed E-state index contributed by atoms with van der Waals surface area (Å²) in [6.45, 7) is 16.4. The van der Waals surface area contributed by atoms with Crippen LogP contribution >= 0.6 is 0 Å². The van der Waals surface area contributed by atoms with Gasteiger partial charge in [0.1, 0.15) is 5.60 Å². The number of carbonyl (C=O) groups excluding carboxylic acids is 2. The van der Waals surface area contributed by atoms with Gasteiger partial charge in [0.25, 0.3) is 0 Å². The predicted molar refractivity (Wildman–Crippen MR) is 110 cm³/mol. The summed E-state index contributed by atoms with van der Waals surface area (Å²) < 4.78 is 5.39. The molecule has 8 heteroatoms. The average molecular weight is 386 g/mol. The van der Waals surface area contributed by atoms with Crippen molar-refractivity contribution in [2.24, 2.45) is 16.1 Å². The third-order valence-corrected chi connectivity index (χ3v) is 4.36. The van der Waals surface area contributed by atoms with E-state index in [2.05, 4.69) is 20.9 Å². The van der Waals surface area contributed by atoms with Gasteiger partial charge in [-0.25, -0.2) is 4.79 Å². The first-order valence-corrected chi connectivity index (χ1v) is 9.64. The van der Waals surface area contributed by atoms with Gasteiger partial charge in [-0.2, -0.15) is 0 Å². The second kappa shape index (κ2) is 10.4. The molecule has 5 N–H and O–H groups in total. The first kappa shape index (κ1) is 25.0. The van der Waals surface area contributed by atoms with Gasteiger partial charge in [-0.1, -0.05) is 13.8 Å². The van der Waals surface area contributed by atoms with E-state index in [1.54, 1.807) is 13.8 Å². The highest BCUT2D eigenvalue weighted by Gasteiger charge is 2.31. The number of guanidine groups is 1. The molecular formula is C19H39N5O3. The number of nitrogens with two attached hydrogens (primary N) is 1. The van der Waals surface area contributed by atoms with Crippen LogP contribution in [0.5, 0.6) is 0 Å². The molecule has 0 unspecified atom stereocenters. The zero-order valence-corrected chi connectivity index (χ0v) is 18.3. The summed E-state index contributed by atoms with van der Waals surface area (Å²) in [6.07, 6.45) is 1.01. The fraction of sp³-hybridized carbons (Fsp3) is 0.842. The summed E-state index contributed by atoms with van der Waals surface area (Å²) in [6, 6.07) is 0. The summed E-state index contributed by atoms with van der Waals surface area (Å²) in [5, 5.41) is 9.40. The highest BCUT2D eigenvalue weighted by molar-refractivity contribution is 5.82. The number of rotatable bonds is 9. The van der Waals surface area contributed by atoms with E-state index in [0.717, 1.165) is 12.8 Å². The second-order valence-corrected chi connectivity index (χ2v) is 8.41. The normalized spacial score (nSPS) is 13.1. The van der Waals surface area contributed by atoms with Crippen LogP contribution < -0.4 is 21.7 Å². The van der Waals surface area contributed by atoms with E-state index in [9.17, 15) is 9.59 Å². The maximum atomic E-state index is 12.2. The average Bonchev–Trinajstić information content (AvgIpc) is 2.54. The van der Waals surface area contributed by atoms with E-state index in [0.29, 0.717) is 19.0 Å². The van der Waals surface area contributed by atoms with Crippen LogP contribution in [0.15, 0.2) is 4.99 Å². The Bertz CT molecular complexity index is 520. The van der Waals surface area contributed by atoms with Crippen molar-refractivity contribution in [3.05, 3.63) is 0 Å². The number of hydrogen-bond donors (Lipinski definition) is 4. The first-order valence-electron chi connectivity index (χ1n) is 9.64. The largest absolute Gasteiger partial charge is 0.444 e. The lowest BCUT2D eigenvalue weighted by Crippen LogP contribution is -2.57. The molecule has 27 heavy (non-hydrogen) atoms. The number of alkyl carbamates (subject to hydrolysis) is 1. The number of aliphatic imine (C=N–C) groups is 1. The number of ether oxygens (including phenoxy) is 1. The van der Waals surface area contributed by atoms with Crippen molar-refractivity contribution >= 4 is 18.0 Å².